The Bertz CT molecular complexity index is 689. The van der Waals surface area contributed by atoms with Crippen molar-refractivity contribution >= 4 is 23.3 Å². The Labute approximate surface area is 145 Å². The van der Waals surface area contributed by atoms with Gasteiger partial charge >= 0.3 is 0 Å². The number of hydrogen-bond donors (Lipinski definition) is 1. The van der Waals surface area contributed by atoms with E-state index in [1.54, 1.807) is 29.5 Å². The number of thiophene rings is 1. The van der Waals surface area contributed by atoms with Crippen LogP contribution < -0.4 is 0 Å². The molecule has 126 valence electrons. The normalized spacial score (nSPS) is 17.3. The fourth-order valence-corrected chi connectivity index (χ4v) is 3.64. The molecule has 0 aliphatic carbocycles. The Morgan fingerprint density at radius 3 is 2.58 bits per heavy atom. The first-order valence-electron chi connectivity index (χ1n) is 8.06. The van der Waals surface area contributed by atoms with E-state index >= 15 is 0 Å². The Morgan fingerprint density at radius 1 is 1.25 bits per heavy atom. The van der Waals surface area contributed by atoms with E-state index in [-0.39, 0.29) is 17.6 Å². The molecule has 1 aromatic heterocycles. The molecule has 1 aliphatic heterocycles. The van der Waals surface area contributed by atoms with Gasteiger partial charge in [0.05, 0.1) is 6.10 Å². The molecule has 2 heterocycles. The third-order valence-corrected chi connectivity index (χ3v) is 5.17. The van der Waals surface area contributed by atoms with Gasteiger partial charge in [-0.2, -0.15) is 11.3 Å². The van der Waals surface area contributed by atoms with Crippen molar-refractivity contribution in [3.8, 4) is 0 Å². The highest BCUT2D eigenvalue weighted by Gasteiger charge is 2.27. The molecule has 0 saturated carbocycles. The maximum absolute atomic E-state index is 13.0. The number of likely N-dealkylation sites (tertiary alicyclic amines) is 1. The summed E-state index contributed by atoms with van der Waals surface area (Å²) in [6.45, 7) is 1.27. The molecule has 24 heavy (non-hydrogen) atoms. The van der Waals surface area contributed by atoms with Gasteiger partial charge in [-0.25, -0.2) is 4.39 Å². The molecule has 1 aromatic carbocycles. The summed E-state index contributed by atoms with van der Waals surface area (Å²) in [6, 6.07) is 7.96. The van der Waals surface area contributed by atoms with Crippen molar-refractivity contribution in [3.63, 3.8) is 0 Å². The lowest BCUT2D eigenvalue weighted by Crippen LogP contribution is -2.38. The van der Waals surface area contributed by atoms with E-state index in [1.807, 2.05) is 27.8 Å². The molecule has 1 aliphatic rings. The van der Waals surface area contributed by atoms with Crippen molar-refractivity contribution in [1.29, 1.82) is 0 Å². The predicted molar refractivity (Wildman–Crippen MR) is 94.0 cm³/mol. The van der Waals surface area contributed by atoms with Crippen LogP contribution in [0.25, 0.3) is 6.08 Å². The van der Waals surface area contributed by atoms with Crippen LogP contribution in [0.15, 0.2) is 47.2 Å². The number of hydrogen-bond acceptors (Lipinski definition) is 3. The first kappa shape index (κ1) is 16.9. The maximum Gasteiger partial charge on any atom is 0.246 e. The molecule has 0 radical (unpaired) electrons. The Kier molecular flexibility index (Phi) is 5.43. The average molecular weight is 345 g/mol. The first-order valence-corrected chi connectivity index (χ1v) is 9.00. The van der Waals surface area contributed by atoms with Crippen molar-refractivity contribution < 1.29 is 14.3 Å². The standard InChI is InChI=1S/C19H20FNO2S/c20-17-4-2-15(3-5-17)19(23)16-7-10-21(11-8-16)18(22)6-1-14-9-12-24-13-14/h1-6,9,12-13,16,19,23H,7-8,10-11H2/b6-1-/t19-/m0/s1. The van der Waals surface area contributed by atoms with Crippen molar-refractivity contribution in [2.75, 3.05) is 13.1 Å². The topological polar surface area (TPSA) is 40.5 Å². The number of amides is 1. The van der Waals surface area contributed by atoms with Gasteiger partial charge in [-0.3, -0.25) is 4.79 Å². The second-order valence-corrected chi connectivity index (χ2v) is 6.83. The Morgan fingerprint density at radius 2 is 1.96 bits per heavy atom. The van der Waals surface area contributed by atoms with Gasteiger partial charge in [0, 0.05) is 19.2 Å². The van der Waals surface area contributed by atoms with Crippen LogP contribution >= 0.6 is 11.3 Å². The van der Waals surface area contributed by atoms with Crippen LogP contribution in [0.2, 0.25) is 0 Å². The van der Waals surface area contributed by atoms with Gasteiger partial charge in [-0.1, -0.05) is 12.1 Å². The second kappa shape index (κ2) is 7.73. The molecule has 1 atom stereocenters. The summed E-state index contributed by atoms with van der Waals surface area (Å²) in [5.41, 5.74) is 1.77. The molecule has 5 heteroatoms. The summed E-state index contributed by atoms with van der Waals surface area (Å²) >= 11 is 1.60. The summed E-state index contributed by atoms with van der Waals surface area (Å²) in [5.74, 6) is -0.194. The lowest BCUT2D eigenvalue weighted by atomic mass is 9.87. The van der Waals surface area contributed by atoms with E-state index in [4.69, 9.17) is 0 Å². The highest BCUT2D eigenvalue weighted by molar-refractivity contribution is 7.08. The van der Waals surface area contributed by atoms with Gasteiger partial charge < -0.3 is 10.0 Å². The lowest BCUT2D eigenvalue weighted by Gasteiger charge is -2.34. The number of nitrogens with zero attached hydrogens (tertiary/aromatic N) is 1. The molecule has 3 nitrogen and oxygen atoms in total. The van der Waals surface area contributed by atoms with Gasteiger partial charge in [-0.05, 0) is 64.9 Å². The third-order valence-electron chi connectivity index (χ3n) is 4.47. The average Bonchev–Trinajstić information content (AvgIpc) is 3.13. The monoisotopic (exact) mass is 345 g/mol. The Balaban J connectivity index is 1.53. The highest BCUT2D eigenvalue weighted by Crippen LogP contribution is 2.30. The van der Waals surface area contributed by atoms with E-state index in [1.165, 1.54) is 12.1 Å². The van der Waals surface area contributed by atoms with Crippen LogP contribution in [-0.4, -0.2) is 29.0 Å². The molecule has 3 rings (SSSR count). The molecule has 1 N–H and O–H groups in total. The van der Waals surface area contributed by atoms with Gasteiger partial charge in [0.25, 0.3) is 0 Å². The number of rotatable bonds is 4. The Hall–Kier alpha value is -1.98. The van der Waals surface area contributed by atoms with Gasteiger partial charge in [0.1, 0.15) is 5.82 Å². The fourth-order valence-electron chi connectivity index (χ4n) is 3.01. The quantitative estimate of drug-likeness (QED) is 0.855. The lowest BCUT2D eigenvalue weighted by molar-refractivity contribution is -0.127. The predicted octanol–water partition coefficient (Wildman–Crippen LogP) is 3.87. The van der Waals surface area contributed by atoms with Crippen molar-refractivity contribution in [1.82, 2.24) is 4.90 Å². The van der Waals surface area contributed by atoms with Crippen molar-refractivity contribution in [2.24, 2.45) is 5.92 Å². The van der Waals surface area contributed by atoms with Crippen LogP contribution in [0.4, 0.5) is 4.39 Å². The summed E-state index contributed by atoms with van der Waals surface area (Å²) in [5, 5.41) is 14.4. The fraction of sp³-hybridized carbons (Fsp3) is 0.316. The largest absolute Gasteiger partial charge is 0.388 e. The van der Waals surface area contributed by atoms with E-state index in [0.29, 0.717) is 13.1 Å². The minimum Gasteiger partial charge on any atom is -0.388 e. The van der Waals surface area contributed by atoms with Crippen LogP contribution in [0.3, 0.4) is 0 Å². The van der Waals surface area contributed by atoms with E-state index in [2.05, 4.69) is 0 Å². The molecule has 2 aromatic rings. The van der Waals surface area contributed by atoms with E-state index in [0.717, 1.165) is 24.0 Å². The van der Waals surface area contributed by atoms with Crippen LogP contribution in [0, 0.1) is 11.7 Å². The van der Waals surface area contributed by atoms with Gasteiger partial charge in [0.15, 0.2) is 0 Å². The summed E-state index contributed by atoms with van der Waals surface area (Å²) in [4.78, 5) is 14.0. The van der Waals surface area contributed by atoms with Crippen LogP contribution in [0.5, 0.6) is 0 Å². The van der Waals surface area contributed by atoms with Gasteiger partial charge in [0.2, 0.25) is 5.91 Å². The second-order valence-electron chi connectivity index (χ2n) is 6.05. The molecule has 0 bridgehead atoms. The number of aliphatic hydroxyl groups is 1. The number of carbonyl (C=O) groups is 1. The number of halogens is 1. The zero-order valence-corrected chi connectivity index (χ0v) is 14.1. The number of piperidine rings is 1. The van der Waals surface area contributed by atoms with E-state index < -0.39 is 6.10 Å². The molecule has 1 fully saturated rings. The van der Waals surface area contributed by atoms with Crippen molar-refractivity contribution in [2.45, 2.75) is 18.9 Å². The molecular formula is C19H20FNO2S. The minimum absolute atomic E-state index is 0.0101. The third kappa shape index (κ3) is 4.10. The van der Waals surface area contributed by atoms with Crippen LogP contribution in [-0.2, 0) is 4.79 Å². The molecule has 0 unspecified atom stereocenters. The molecule has 0 spiro atoms. The zero-order chi connectivity index (χ0) is 16.9. The number of carbonyl (C=O) groups excluding carboxylic acids is 1. The van der Waals surface area contributed by atoms with Crippen molar-refractivity contribution in [3.05, 3.63) is 64.1 Å². The SMILES string of the molecule is O=C(/C=C\c1ccsc1)N1CCC([C@@H](O)c2ccc(F)cc2)CC1. The molecule has 1 saturated heterocycles. The number of aliphatic hydroxyl groups excluding tert-OH is 1. The molecule has 1 amide bonds. The highest BCUT2D eigenvalue weighted by atomic mass is 32.1. The van der Waals surface area contributed by atoms with Gasteiger partial charge in [-0.15, -0.1) is 0 Å². The smallest absolute Gasteiger partial charge is 0.246 e. The number of benzene rings is 1. The van der Waals surface area contributed by atoms with Crippen LogP contribution in [0.1, 0.15) is 30.1 Å². The summed E-state index contributed by atoms with van der Waals surface area (Å²) < 4.78 is 13.0. The summed E-state index contributed by atoms with van der Waals surface area (Å²) in [6.07, 6.45) is 4.33. The molecular weight excluding hydrogens is 325 g/mol. The zero-order valence-electron chi connectivity index (χ0n) is 13.3. The van der Waals surface area contributed by atoms with E-state index in [9.17, 15) is 14.3 Å². The maximum atomic E-state index is 13.0. The first-order chi connectivity index (χ1) is 11.6. The minimum atomic E-state index is -0.607. The summed E-state index contributed by atoms with van der Waals surface area (Å²) in [7, 11) is 0.